The van der Waals surface area contributed by atoms with E-state index in [9.17, 15) is 14.4 Å². The molecule has 0 aliphatic carbocycles. The van der Waals surface area contributed by atoms with Crippen LogP contribution in [-0.4, -0.2) is 36.0 Å². The highest BCUT2D eigenvalue weighted by molar-refractivity contribution is 9.10. The lowest BCUT2D eigenvalue weighted by Crippen LogP contribution is -2.48. The zero-order chi connectivity index (χ0) is 26.4. The fourth-order valence-electron chi connectivity index (χ4n) is 4.28. The maximum Gasteiger partial charge on any atom is 0.338 e. The molecule has 1 atom stereocenters. The predicted molar refractivity (Wildman–Crippen MR) is 147 cm³/mol. The molecule has 1 aliphatic heterocycles. The molecule has 3 amide bonds. The van der Waals surface area contributed by atoms with Crippen molar-refractivity contribution in [1.29, 1.82) is 0 Å². The van der Waals surface area contributed by atoms with E-state index in [4.69, 9.17) is 4.74 Å². The maximum atomic E-state index is 13.4. The first kappa shape index (κ1) is 26.2. The molecule has 4 rings (SSSR count). The summed E-state index contributed by atoms with van der Waals surface area (Å²) in [5.41, 5.74) is 3.32. The molecule has 0 bridgehead atoms. The van der Waals surface area contributed by atoms with Crippen LogP contribution in [0.1, 0.15) is 47.8 Å². The number of esters is 1. The Bertz CT molecular complexity index is 1320. The van der Waals surface area contributed by atoms with Gasteiger partial charge in [-0.2, -0.15) is 0 Å². The van der Waals surface area contributed by atoms with E-state index in [1.54, 1.807) is 54.3 Å². The number of rotatable bonds is 8. The number of nitrogens with zero attached hydrogens (tertiary/aromatic N) is 1. The second kappa shape index (κ2) is 11.9. The Hall–Kier alpha value is -3.91. The third-order valence-electron chi connectivity index (χ3n) is 5.90. The Labute approximate surface area is 224 Å². The normalized spacial score (nSPS) is 15.3. The second-order valence-corrected chi connectivity index (χ2v) is 9.39. The van der Waals surface area contributed by atoms with Crippen molar-refractivity contribution in [2.75, 3.05) is 18.5 Å². The number of hydrogen-bond acceptors (Lipinski definition) is 4. The molecule has 1 aliphatic rings. The fourth-order valence-corrected chi connectivity index (χ4v) is 4.54. The Morgan fingerprint density at radius 1 is 1.00 bits per heavy atom. The van der Waals surface area contributed by atoms with E-state index < -0.39 is 12.0 Å². The van der Waals surface area contributed by atoms with Gasteiger partial charge in [-0.3, -0.25) is 9.69 Å². The standard InChI is InChI=1S/C29H28BrN3O4/c1-3-17-33-26(19-9-6-5-7-10-19)24(28(35)37-4-2)25(32-29(33)36)21-11-8-12-23(18-21)31-27(34)20-13-15-22(30)16-14-20/h5-16,18,25H,3-4,17H2,1-2H3,(H,31,34)(H,32,36). The van der Waals surface area contributed by atoms with Crippen molar-refractivity contribution in [3.05, 3.63) is 106 Å². The first-order chi connectivity index (χ1) is 17.9. The zero-order valence-electron chi connectivity index (χ0n) is 20.7. The summed E-state index contributed by atoms with van der Waals surface area (Å²) in [5, 5.41) is 5.89. The number of carbonyl (C=O) groups is 3. The van der Waals surface area contributed by atoms with Crippen molar-refractivity contribution >= 4 is 45.2 Å². The third kappa shape index (κ3) is 5.91. The van der Waals surface area contributed by atoms with Crippen LogP contribution in [0.2, 0.25) is 0 Å². The first-order valence-electron chi connectivity index (χ1n) is 12.1. The summed E-state index contributed by atoms with van der Waals surface area (Å²) >= 11 is 3.37. The fraction of sp³-hybridized carbons (Fsp3) is 0.207. The van der Waals surface area contributed by atoms with E-state index in [0.717, 1.165) is 10.0 Å². The second-order valence-electron chi connectivity index (χ2n) is 8.47. The number of nitrogens with one attached hydrogen (secondary N) is 2. The lowest BCUT2D eigenvalue weighted by molar-refractivity contribution is -0.138. The van der Waals surface area contributed by atoms with Crippen molar-refractivity contribution in [2.24, 2.45) is 0 Å². The smallest absolute Gasteiger partial charge is 0.338 e. The van der Waals surface area contributed by atoms with Crippen LogP contribution in [0, 0.1) is 0 Å². The number of urea groups is 1. The van der Waals surface area contributed by atoms with E-state index in [0.29, 0.717) is 41.1 Å². The Morgan fingerprint density at radius 3 is 2.41 bits per heavy atom. The van der Waals surface area contributed by atoms with Crippen LogP contribution in [0.3, 0.4) is 0 Å². The van der Waals surface area contributed by atoms with Crippen LogP contribution in [0.15, 0.2) is 88.9 Å². The van der Waals surface area contributed by atoms with Crippen molar-refractivity contribution in [2.45, 2.75) is 26.3 Å². The van der Waals surface area contributed by atoms with Crippen LogP contribution < -0.4 is 10.6 Å². The summed E-state index contributed by atoms with van der Waals surface area (Å²) in [4.78, 5) is 41.1. The van der Waals surface area contributed by atoms with Crippen molar-refractivity contribution in [3.8, 4) is 0 Å². The maximum absolute atomic E-state index is 13.4. The number of hydrogen-bond donors (Lipinski definition) is 2. The Kier molecular flexibility index (Phi) is 8.40. The lowest BCUT2D eigenvalue weighted by atomic mass is 9.91. The van der Waals surface area contributed by atoms with Gasteiger partial charge in [0.25, 0.3) is 5.91 Å². The molecule has 0 saturated carbocycles. The molecular weight excluding hydrogens is 534 g/mol. The third-order valence-corrected chi connectivity index (χ3v) is 6.43. The van der Waals surface area contributed by atoms with E-state index in [1.165, 1.54) is 0 Å². The zero-order valence-corrected chi connectivity index (χ0v) is 22.2. The summed E-state index contributed by atoms with van der Waals surface area (Å²) in [6, 6.07) is 22.5. The van der Waals surface area contributed by atoms with E-state index in [2.05, 4.69) is 26.6 Å². The molecule has 37 heavy (non-hydrogen) atoms. The van der Waals surface area contributed by atoms with Crippen LogP contribution in [0.25, 0.3) is 5.70 Å². The number of halogens is 1. The van der Waals surface area contributed by atoms with Gasteiger partial charge in [-0.15, -0.1) is 0 Å². The molecule has 1 unspecified atom stereocenters. The van der Waals surface area contributed by atoms with Crippen LogP contribution in [-0.2, 0) is 9.53 Å². The number of anilines is 1. The van der Waals surface area contributed by atoms with Gasteiger partial charge in [0.2, 0.25) is 0 Å². The Balaban J connectivity index is 1.78. The van der Waals surface area contributed by atoms with Crippen LogP contribution in [0.5, 0.6) is 0 Å². The first-order valence-corrected chi connectivity index (χ1v) is 12.9. The monoisotopic (exact) mass is 561 g/mol. The molecule has 7 nitrogen and oxygen atoms in total. The topological polar surface area (TPSA) is 87.7 Å². The van der Waals surface area contributed by atoms with E-state index in [1.807, 2.05) is 43.3 Å². The summed E-state index contributed by atoms with van der Waals surface area (Å²) in [7, 11) is 0. The minimum absolute atomic E-state index is 0.197. The quantitative estimate of drug-likeness (QED) is 0.323. The molecule has 0 spiro atoms. The highest BCUT2D eigenvalue weighted by Gasteiger charge is 2.38. The predicted octanol–water partition coefficient (Wildman–Crippen LogP) is 6.15. The molecule has 1 heterocycles. The van der Waals surface area contributed by atoms with Gasteiger partial charge in [0, 0.05) is 22.3 Å². The van der Waals surface area contributed by atoms with Gasteiger partial charge in [-0.1, -0.05) is 65.3 Å². The molecule has 2 N–H and O–H groups in total. The number of benzene rings is 3. The molecule has 3 aromatic rings. The van der Waals surface area contributed by atoms with Crippen molar-refractivity contribution < 1.29 is 19.1 Å². The van der Waals surface area contributed by atoms with Crippen molar-refractivity contribution in [1.82, 2.24) is 10.2 Å². The highest BCUT2D eigenvalue weighted by Crippen LogP contribution is 2.37. The molecule has 0 aromatic heterocycles. The van der Waals surface area contributed by atoms with Crippen LogP contribution in [0.4, 0.5) is 10.5 Å². The highest BCUT2D eigenvalue weighted by atomic mass is 79.9. The van der Waals surface area contributed by atoms with E-state index in [-0.39, 0.29) is 18.5 Å². The molecule has 0 saturated heterocycles. The average Bonchev–Trinajstić information content (AvgIpc) is 2.90. The molecule has 8 heteroatoms. The number of carbonyl (C=O) groups excluding carboxylic acids is 3. The van der Waals surface area contributed by atoms with Gasteiger partial charge in [-0.25, -0.2) is 9.59 Å². The summed E-state index contributed by atoms with van der Waals surface area (Å²) in [5.74, 6) is -0.769. The van der Waals surface area contributed by atoms with Gasteiger partial charge in [-0.05, 0) is 60.9 Å². The minimum Gasteiger partial charge on any atom is -0.463 e. The van der Waals surface area contributed by atoms with Gasteiger partial charge in [0.05, 0.1) is 23.9 Å². The van der Waals surface area contributed by atoms with Crippen molar-refractivity contribution in [3.63, 3.8) is 0 Å². The number of ether oxygens (including phenoxy) is 1. The van der Waals surface area contributed by atoms with E-state index >= 15 is 0 Å². The molecule has 0 fully saturated rings. The van der Waals surface area contributed by atoms with Gasteiger partial charge in [0.1, 0.15) is 0 Å². The van der Waals surface area contributed by atoms with Gasteiger partial charge < -0.3 is 15.4 Å². The summed E-state index contributed by atoms with van der Waals surface area (Å²) < 4.78 is 6.34. The van der Waals surface area contributed by atoms with Gasteiger partial charge >= 0.3 is 12.0 Å². The molecular formula is C29H28BrN3O4. The lowest BCUT2D eigenvalue weighted by Gasteiger charge is -2.37. The molecule has 3 aromatic carbocycles. The Morgan fingerprint density at radius 2 is 1.73 bits per heavy atom. The molecule has 190 valence electrons. The minimum atomic E-state index is -0.764. The summed E-state index contributed by atoms with van der Waals surface area (Å²) in [6.45, 7) is 4.36. The van der Waals surface area contributed by atoms with Gasteiger partial charge in [0.15, 0.2) is 0 Å². The SMILES string of the molecule is CCCN1C(=O)NC(c2cccc(NC(=O)c3ccc(Br)cc3)c2)C(C(=O)OCC)=C1c1ccccc1. The molecule has 0 radical (unpaired) electrons. The summed E-state index contributed by atoms with van der Waals surface area (Å²) in [6.07, 6.45) is 0.710. The van der Waals surface area contributed by atoms with Crippen LogP contribution >= 0.6 is 15.9 Å². The average molecular weight is 562 g/mol. The number of amides is 3. The largest absolute Gasteiger partial charge is 0.463 e.